The van der Waals surface area contributed by atoms with Crippen molar-refractivity contribution in [2.24, 2.45) is 0 Å². The molecule has 2 amide bonds. The van der Waals surface area contributed by atoms with Gasteiger partial charge in [0.1, 0.15) is 5.03 Å². The number of nitrogens with one attached hydrogen (secondary N) is 2. The van der Waals surface area contributed by atoms with Gasteiger partial charge in [-0.25, -0.2) is 4.98 Å². The lowest BCUT2D eigenvalue weighted by Crippen LogP contribution is -2.24. The number of rotatable bonds is 8. The molecule has 0 saturated heterocycles. The Bertz CT molecular complexity index is 1030. The molecule has 2 aromatic carbocycles. The average molecular weight is 434 g/mol. The van der Waals surface area contributed by atoms with E-state index in [1.807, 2.05) is 55.5 Å². The van der Waals surface area contributed by atoms with E-state index in [0.29, 0.717) is 23.1 Å². The van der Waals surface area contributed by atoms with Crippen LogP contribution in [0.3, 0.4) is 0 Å². The van der Waals surface area contributed by atoms with Crippen molar-refractivity contribution in [3.05, 3.63) is 89.1 Å². The van der Waals surface area contributed by atoms with Crippen molar-refractivity contribution in [3.63, 3.8) is 0 Å². The smallest absolute Gasteiger partial charge is 0.254 e. The van der Waals surface area contributed by atoms with Gasteiger partial charge in [-0.15, -0.1) is 0 Å². The molecule has 2 N–H and O–H groups in total. The molecule has 0 bridgehead atoms. The first kappa shape index (κ1) is 22.6. The fourth-order valence-corrected chi connectivity index (χ4v) is 3.74. The molecule has 6 heteroatoms. The first-order chi connectivity index (χ1) is 14.9. The Morgan fingerprint density at radius 3 is 2.39 bits per heavy atom. The lowest BCUT2D eigenvalue weighted by molar-refractivity contribution is -0.113. The summed E-state index contributed by atoms with van der Waals surface area (Å²) in [4.78, 5) is 29.3. The van der Waals surface area contributed by atoms with Gasteiger partial charge in [-0.1, -0.05) is 67.6 Å². The Kier molecular flexibility index (Phi) is 7.84. The number of aromatic nitrogens is 1. The molecular weight excluding hydrogens is 406 g/mol. The van der Waals surface area contributed by atoms with Gasteiger partial charge >= 0.3 is 0 Å². The number of anilines is 1. The minimum absolute atomic E-state index is 0.140. The second-order valence-electron chi connectivity index (χ2n) is 7.64. The molecule has 0 spiro atoms. The predicted molar refractivity (Wildman–Crippen MR) is 126 cm³/mol. The zero-order chi connectivity index (χ0) is 22.2. The Morgan fingerprint density at radius 1 is 1.00 bits per heavy atom. The summed E-state index contributed by atoms with van der Waals surface area (Å²) in [6.07, 6.45) is 1.63. The third-order valence-electron chi connectivity index (χ3n) is 4.79. The second-order valence-corrected chi connectivity index (χ2v) is 8.60. The van der Waals surface area contributed by atoms with E-state index in [1.54, 1.807) is 18.3 Å². The molecule has 160 valence electrons. The van der Waals surface area contributed by atoms with Gasteiger partial charge in [0.25, 0.3) is 5.91 Å². The number of benzene rings is 2. The molecule has 1 heterocycles. The van der Waals surface area contributed by atoms with E-state index in [2.05, 4.69) is 29.5 Å². The van der Waals surface area contributed by atoms with Gasteiger partial charge in [0.2, 0.25) is 5.91 Å². The minimum Gasteiger partial charge on any atom is -0.348 e. The maximum atomic E-state index is 12.7. The summed E-state index contributed by atoms with van der Waals surface area (Å²) in [5, 5.41) is 6.35. The highest BCUT2D eigenvalue weighted by Crippen LogP contribution is 2.21. The van der Waals surface area contributed by atoms with Crippen molar-refractivity contribution in [1.29, 1.82) is 0 Å². The summed E-state index contributed by atoms with van der Waals surface area (Å²) in [6, 6.07) is 19.3. The Labute approximate surface area is 187 Å². The van der Waals surface area contributed by atoms with Gasteiger partial charge in [-0.2, -0.15) is 0 Å². The van der Waals surface area contributed by atoms with Gasteiger partial charge in [0.05, 0.1) is 11.3 Å². The number of thioether (sulfide) groups is 1. The van der Waals surface area contributed by atoms with Gasteiger partial charge in [0.15, 0.2) is 0 Å². The lowest BCUT2D eigenvalue weighted by atomic mass is 10.0. The van der Waals surface area contributed by atoms with Crippen LogP contribution in [-0.4, -0.2) is 22.6 Å². The molecule has 0 aliphatic rings. The fourth-order valence-electron chi connectivity index (χ4n) is 2.94. The largest absolute Gasteiger partial charge is 0.348 e. The molecule has 0 radical (unpaired) electrons. The number of pyridine rings is 1. The number of nitrogens with zero attached hydrogens (tertiary/aromatic N) is 1. The number of hydrogen-bond donors (Lipinski definition) is 2. The maximum absolute atomic E-state index is 12.7. The second kappa shape index (κ2) is 10.8. The van der Waals surface area contributed by atoms with Crippen LogP contribution >= 0.6 is 11.8 Å². The van der Waals surface area contributed by atoms with Crippen LogP contribution in [0.25, 0.3) is 0 Å². The highest BCUT2D eigenvalue weighted by Gasteiger charge is 2.14. The van der Waals surface area contributed by atoms with E-state index in [9.17, 15) is 9.59 Å². The normalized spacial score (nSPS) is 10.7. The van der Waals surface area contributed by atoms with E-state index in [-0.39, 0.29) is 17.6 Å². The maximum Gasteiger partial charge on any atom is 0.254 e. The molecule has 0 saturated carbocycles. The van der Waals surface area contributed by atoms with E-state index >= 15 is 0 Å². The van der Waals surface area contributed by atoms with Crippen molar-refractivity contribution in [2.45, 2.75) is 38.3 Å². The van der Waals surface area contributed by atoms with Crippen molar-refractivity contribution < 1.29 is 9.59 Å². The summed E-state index contributed by atoms with van der Waals surface area (Å²) in [7, 11) is 0. The van der Waals surface area contributed by atoms with Crippen LogP contribution in [-0.2, 0) is 11.3 Å². The van der Waals surface area contributed by atoms with Gasteiger partial charge in [-0.05, 0) is 48.2 Å². The van der Waals surface area contributed by atoms with E-state index in [0.717, 1.165) is 11.3 Å². The highest BCUT2D eigenvalue weighted by molar-refractivity contribution is 8.00. The highest BCUT2D eigenvalue weighted by atomic mass is 32.2. The van der Waals surface area contributed by atoms with Crippen molar-refractivity contribution >= 4 is 29.3 Å². The summed E-state index contributed by atoms with van der Waals surface area (Å²) in [5.41, 5.74) is 4.65. The van der Waals surface area contributed by atoms with Crippen molar-refractivity contribution in [2.75, 3.05) is 11.1 Å². The van der Waals surface area contributed by atoms with Crippen LogP contribution in [0.15, 0.2) is 71.9 Å². The molecule has 1 aromatic heterocycles. The molecule has 0 atom stereocenters. The summed E-state index contributed by atoms with van der Waals surface area (Å²) in [5.74, 6) is 0.265. The van der Waals surface area contributed by atoms with Crippen LogP contribution in [0.4, 0.5) is 5.69 Å². The van der Waals surface area contributed by atoms with E-state index < -0.39 is 0 Å². The van der Waals surface area contributed by atoms with Gasteiger partial charge in [-0.3, -0.25) is 9.59 Å². The molecule has 0 unspecified atom stereocenters. The number of hydrogen-bond acceptors (Lipinski definition) is 4. The van der Waals surface area contributed by atoms with Crippen LogP contribution < -0.4 is 10.6 Å². The Balaban J connectivity index is 1.56. The van der Waals surface area contributed by atoms with Gasteiger partial charge in [0, 0.05) is 18.4 Å². The SMILES string of the molecule is Cc1ccc(CNC(=O)c2cccnc2SCC(=O)Nc2ccc(C(C)C)cc2)cc1. The van der Waals surface area contributed by atoms with Crippen LogP contribution in [0, 0.1) is 6.92 Å². The number of carbonyl (C=O) groups is 2. The Hall–Kier alpha value is -3.12. The molecule has 0 aliphatic heterocycles. The minimum atomic E-state index is -0.208. The van der Waals surface area contributed by atoms with Crippen molar-refractivity contribution in [1.82, 2.24) is 10.3 Å². The topological polar surface area (TPSA) is 71.1 Å². The fraction of sp³-hybridized carbons (Fsp3) is 0.240. The third kappa shape index (κ3) is 6.69. The predicted octanol–water partition coefficient (Wildman–Crippen LogP) is 5.17. The monoisotopic (exact) mass is 433 g/mol. The molecule has 0 fully saturated rings. The van der Waals surface area contributed by atoms with E-state index in [4.69, 9.17) is 0 Å². The molecule has 31 heavy (non-hydrogen) atoms. The summed E-state index contributed by atoms with van der Waals surface area (Å²) >= 11 is 1.25. The lowest BCUT2D eigenvalue weighted by Gasteiger charge is -2.10. The molecule has 0 aliphatic carbocycles. The molecule has 3 rings (SSSR count). The van der Waals surface area contributed by atoms with Crippen LogP contribution in [0.5, 0.6) is 0 Å². The first-order valence-electron chi connectivity index (χ1n) is 10.2. The molecular formula is C25H27N3O2S. The quantitative estimate of drug-likeness (QED) is 0.481. The van der Waals surface area contributed by atoms with Gasteiger partial charge < -0.3 is 10.6 Å². The van der Waals surface area contributed by atoms with Crippen molar-refractivity contribution in [3.8, 4) is 0 Å². The Morgan fingerprint density at radius 2 is 1.71 bits per heavy atom. The van der Waals surface area contributed by atoms with Crippen LogP contribution in [0.2, 0.25) is 0 Å². The molecule has 3 aromatic rings. The molecule has 5 nitrogen and oxygen atoms in total. The zero-order valence-corrected chi connectivity index (χ0v) is 18.8. The first-order valence-corrected chi connectivity index (χ1v) is 11.2. The number of carbonyl (C=O) groups excluding carboxylic acids is 2. The standard InChI is InChI=1S/C25H27N3O2S/c1-17(2)20-10-12-21(13-11-20)28-23(29)16-31-25-22(5-4-14-26-25)24(30)27-15-19-8-6-18(3)7-9-19/h4-14,17H,15-16H2,1-3H3,(H,27,30)(H,28,29). The summed E-state index contributed by atoms with van der Waals surface area (Å²) < 4.78 is 0. The average Bonchev–Trinajstić information content (AvgIpc) is 2.77. The van der Waals surface area contributed by atoms with Crippen LogP contribution in [0.1, 0.15) is 46.8 Å². The third-order valence-corrected chi connectivity index (χ3v) is 5.80. The summed E-state index contributed by atoms with van der Waals surface area (Å²) in [6.45, 7) is 6.72. The number of aryl methyl sites for hydroxylation is 1. The van der Waals surface area contributed by atoms with E-state index in [1.165, 1.54) is 22.9 Å². The number of amides is 2. The zero-order valence-electron chi connectivity index (χ0n) is 18.0.